The van der Waals surface area contributed by atoms with E-state index in [-0.39, 0.29) is 5.75 Å². The Hall–Kier alpha value is -2.47. The summed E-state index contributed by atoms with van der Waals surface area (Å²) in [4.78, 5) is 0. The lowest BCUT2D eigenvalue weighted by Crippen LogP contribution is -1.85. The topological polar surface area (TPSA) is 53.2 Å². The molecule has 2 aromatic carbocycles. The molecule has 2 rings (SSSR count). The third kappa shape index (κ3) is 2.37. The normalized spacial score (nSPS) is 9.65. The quantitative estimate of drug-likeness (QED) is 0.854. The van der Waals surface area contributed by atoms with Crippen LogP contribution in [0.25, 0.3) is 11.1 Å². The van der Waals surface area contributed by atoms with Crippen LogP contribution in [0.5, 0.6) is 11.5 Å². The molecule has 0 saturated heterocycles. The number of hydrogen-bond donors (Lipinski definition) is 1. The van der Waals surface area contributed by atoms with Crippen molar-refractivity contribution in [1.82, 2.24) is 0 Å². The van der Waals surface area contributed by atoms with Crippen molar-refractivity contribution in [3.63, 3.8) is 0 Å². The Bertz CT molecular complexity index is 585. The Balaban J connectivity index is 2.52. The number of aromatic hydroxyl groups is 1. The molecule has 0 spiro atoms. The smallest absolute Gasteiger partial charge is 0.119 e. The summed E-state index contributed by atoms with van der Waals surface area (Å²) >= 11 is 0. The van der Waals surface area contributed by atoms with Crippen LogP contribution in [0.15, 0.2) is 42.5 Å². The third-order valence-corrected chi connectivity index (χ3v) is 2.45. The van der Waals surface area contributed by atoms with Gasteiger partial charge in [0.2, 0.25) is 0 Å². The van der Waals surface area contributed by atoms with Gasteiger partial charge in [0.25, 0.3) is 0 Å². The van der Waals surface area contributed by atoms with E-state index < -0.39 is 0 Å². The highest BCUT2D eigenvalue weighted by atomic mass is 16.5. The molecule has 0 fully saturated rings. The second-order valence-electron chi connectivity index (χ2n) is 3.61. The monoisotopic (exact) mass is 225 g/mol. The second-order valence-corrected chi connectivity index (χ2v) is 3.61. The largest absolute Gasteiger partial charge is 0.508 e. The van der Waals surface area contributed by atoms with Gasteiger partial charge in [0.15, 0.2) is 0 Å². The van der Waals surface area contributed by atoms with Gasteiger partial charge in [-0.15, -0.1) is 0 Å². The number of ether oxygens (including phenoxy) is 1. The summed E-state index contributed by atoms with van der Waals surface area (Å²) in [5, 5.41) is 18.4. The van der Waals surface area contributed by atoms with Gasteiger partial charge in [-0.3, -0.25) is 0 Å². The average Bonchev–Trinajstić information content (AvgIpc) is 2.38. The molecule has 84 valence electrons. The van der Waals surface area contributed by atoms with Gasteiger partial charge in [-0.05, 0) is 41.5 Å². The molecule has 0 radical (unpaired) electrons. The number of hydrogen-bond acceptors (Lipinski definition) is 3. The predicted molar refractivity (Wildman–Crippen MR) is 64.8 cm³/mol. The first-order chi connectivity index (χ1) is 8.22. The van der Waals surface area contributed by atoms with E-state index in [0.717, 1.165) is 16.9 Å². The van der Waals surface area contributed by atoms with Crippen molar-refractivity contribution in [1.29, 1.82) is 5.26 Å². The third-order valence-electron chi connectivity index (χ3n) is 2.45. The van der Waals surface area contributed by atoms with Crippen LogP contribution in [0.3, 0.4) is 0 Å². The zero-order valence-electron chi connectivity index (χ0n) is 9.34. The van der Waals surface area contributed by atoms with Gasteiger partial charge in [-0.25, -0.2) is 0 Å². The Labute approximate surface area is 99.5 Å². The Kier molecular flexibility index (Phi) is 2.97. The Morgan fingerprint density at radius 3 is 2.65 bits per heavy atom. The molecule has 0 aliphatic heterocycles. The minimum atomic E-state index is 0.0851. The standard InChI is InChI=1S/C14H11NO2/c1-17-14-4-2-3-11(8-14)12-5-10(9-15)6-13(16)7-12/h2-8,16H,1H3. The van der Waals surface area contributed by atoms with E-state index in [0.29, 0.717) is 5.56 Å². The first kappa shape index (κ1) is 11.0. The molecule has 0 amide bonds. The van der Waals surface area contributed by atoms with E-state index in [1.165, 1.54) is 6.07 Å². The maximum Gasteiger partial charge on any atom is 0.119 e. The number of phenolic OH excluding ortho intramolecular Hbond substituents is 1. The highest BCUT2D eigenvalue weighted by Crippen LogP contribution is 2.27. The highest BCUT2D eigenvalue weighted by molar-refractivity contribution is 5.68. The first-order valence-corrected chi connectivity index (χ1v) is 5.11. The Morgan fingerprint density at radius 1 is 1.12 bits per heavy atom. The Morgan fingerprint density at radius 2 is 1.94 bits per heavy atom. The lowest BCUT2D eigenvalue weighted by atomic mass is 10.0. The van der Waals surface area contributed by atoms with Crippen LogP contribution in [0.1, 0.15) is 5.56 Å². The molecule has 0 bridgehead atoms. The molecule has 0 aliphatic rings. The molecule has 0 saturated carbocycles. The summed E-state index contributed by atoms with van der Waals surface area (Å²) < 4.78 is 5.14. The summed E-state index contributed by atoms with van der Waals surface area (Å²) in [6.07, 6.45) is 0. The van der Waals surface area contributed by atoms with E-state index in [1.807, 2.05) is 30.3 Å². The van der Waals surface area contributed by atoms with Gasteiger partial charge in [-0.1, -0.05) is 12.1 Å². The fourth-order valence-corrected chi connectivity index (χ4v) is 1.65. The lowest BCUT2D eigenvalue weighted by molar-refractivity contribution is 0.415. The summed E-state index contributed by atoms with van der Waals surface area (Å²) in [5.74, 6) is 0.825. The minimum Gasteiger partial charge on any atom is -0.508 e. The maximum atomic E-state index is 9.53. The second kappa shape index (κ2) is 4.58. The molecule has 0 heterocycles. The SMILES string of the molecule is COc1cccc(-c2cc(O)cc(C#N)c2)c1. The molecule has 0 atom stereocenters. The van der Waals surface area contributed by atoms with Crippen molar-refractivity contribution in [3.05, 3.63) is 48.0 Å². The van der Waals surface area contributed by atoms with Gasteiger partial charge < -0.3 is 9.84 Å². The van der Waals surface area contributed by atoms with Gasteiger partial charge >= 0.3 is 0 Å². The van der Waals surface area contributed by atoms with Gasteiger partial charge in [0.05, 0.1) is 18.7 Å². The van der Waals surface area contributed by atoms with Gasteiger partial charge in [0.1, 0.15) is 11.5 Å². The van der Waals surface area contributed by atoms with Crippen LogP contribution in [0.2, 0.25) is 0 Å². The average molecular weight is 225 g/mol. The van der Waals surface area contributed by atoms with E-state index >= 15 is 0 Å². The number of rotatable bonds is 2. The van der Waals surface area contributed by atoms with E-state index in [4.69, 9.17) is 10.00 Å². The van der Waals surface area contributed by atoms with Crippen LogP contribution >= 0.6 is 0 Å². The minimum absolute atomic E-state index is 0.0851. The van der Waals surface area contributed by atoms with Crippen LogP contribution in [-0.2, 0) is 0 Å². The van der Waals surface area contributed by atoms with Crippen molar-refractivity contribution in [3.8, 4) is 28.7 Å². The zero-order valence-corrected chi connectivity index (χ0v) is 9.34. The fraction of sp³-hybridized carbons (Fsp3) is 0.0714. The van der Waals surface area contributed by atoms with E-state index in [2.05, 4.69) is 0 Å². The fourth-order valence-electron chi connectivity index (χ4n) is 1.65. The van der Waals surface area contributed by atoms with E-state index in [1.54, 1.807) is 19.2 Å². The lowest BCUT2D eigenvalue weighted by Gasteiger charge is -2.05. The molecule has 0 aliphatic carbocycles. The number of benzene rings is 2. The van der Waals surface area contributed by atoms with Crippen LogP contribution in [-0.4, -0.2) is 12.2 Å². The van der Waals surface area contributed by atoms with Crippen LogP contribution in [0, 0.1) is 11.3 Å². The molecule has 3 heteroatoms. The number of nitriles is 1. The zero-order chi connectivity index (χ0) is 12.3. The summed E-state index contributed by atoms with van der Waals surface area (Å²) in [7, 11) is 1.60. The molecule has 0 aromatic heterocycles. The maximum absolute atomic E-state index is 9.53. The van der Waals surface area contributed by atoms with Gasteiger partial charge in [0, 0.05) is 0 Å². The van der Waals surface area contributed by atoms with Crippen molar-refractivity contribution in [2.45, 2.75) is 0 Å². The van der Waals surface area contributed by atoms with Crippen molar-refractivity contribution < 1.29 is 9.84 Å². The molecule has 0 unspecified atom stereocenters. The summed E-state index contributed by atoms with van der Waals surface area (Å²) in [6, 6.07) is 14.3. The first-order valence-electron chi connectivity index (χ1n) is 5.11. The molecular weight excluding hydrogens is 214 g/mol. The molecule has 3 nitrogen and oxygen atoms in total. The number of methoxy groups -OCH3 is 1. The van der Waals surface area contributed by atoms with Crippen LogP contribution < -0.4 is 4.74 Å². The highest BCUT2D eigenvalue weighted by Gasteiger charge is 2.03. The van der Waals surface area contributed by atoms with Crippen LogP contribution in [0.4, 0.5) is 0 Å². The molecule has 1 N–H and O–H groups in total. The predicted octanol–water partition coefficient (Wildman–Crippen LogP) is 2.94. The van der Waals surface area contributed by atoms with Gasteiger partial charge in [-0.2, -0.15) is 5.26 Å². The van der Waals surface area contributed by atoms with Crippen molar-refractivity contribution >= 4 is 0 Å². The number of phenols is 1. The molecule has 2 aromatic rings. The number of nitrogens with zero attached hydrogens (tertiary/aromatic N) is 1. The molecule has 17 heavy (non-hydrogen) atoms. The van der Waals surface area contributed by atoms with Crippen molar-refractivity contribution in [2.24, 2.45) is 0 Å². The molecular formula is C14H11NO2. The summed E-state index contributed by atoms with van der Waals surface area (Å²) in [6.45, 7) is 0. The summed E-state index contributed by atoms with van der Waals surface area (Å²) in [5.41, 5.74) is 2.13. The van der Waals surface area contributed by atoms with Crippen molar-refractivity contribution in [2.75, 3.05) is 7.11 Å². The van der Waals surface area contributed by atoms with E-state index in [9.17, 15) is 5.11 Å².